The number of hydrogen-bond acceptors (Lipinski definition) is 3. The number of benzene rings is 1. The van der Waals surface area contributed by atoms with E-state index in [1.807, 2.05) is 0 Å². The molecule has 0 aromatic heterocycles. The van der Waals surface area contributed by atoms with E-state index in [-0.39, 0.29) is 22.8 Å². The van der Waals surface area contributed by atoms with Crippen LogP contribution in [-0.2, 0) is 5.88 Å². The third-order valence-corrected chi connectivity index (χ3v) is 2.20. The van der Waals surface area contributed by atoms with Gasteiger partial charge in [-0.15, -0.1) is 11.6 Å². The molecule has 0 saturated heterocycles. The van der Waals surface area contributed by atoms with E-state index < -0.39 is 18.1 Å². The fraction of sp³-hybridized carbons (Fsp3) is 0.200. The maximum absolute atomic E-state index is 12.1. The van der Waals surface area contributed by atoms with Crippen molar-refractivity contribution in [2.24, 2.45) is 0 Å². The maximum atomic E-state index is 12.1. The minimum atomic E-state index is -3.09. The number of alkyl halides is 3. The minimum Gasteiger partial charge on any atom is -0.478 e. The first-order valence-corrected chi connectivity index (χ1v) is 4.84. The molecule has 0 amide bonds. The van der Waals surface area contributed by atoms with Crippen LogP contribution in [0, 0.1) is 11.3 Å². The van der Waals surface area contributed by atoms with E-state index in [1.54, 1.807) is 6.07 Å². The Morgan fingerprint density at radius 2 is 2.24 bits per heavy atom. The van der Waals surface area contributed by atoms with Crippen LogP contribution in [0.25, 0.3) is 0 Å². The van der Waals surface area contributed by atoms with E-state index in [1.165, 1.54) is 0 Å². The molecule has 17 heavy (non-hydrogen) atoms. The quantitative estimate of drug-likeness (QED) is 0.846. The molecule has 7 heteroatoms. The molecule has 0 saturated carbocycles. The molecule has 0 fully saturated rings. The summed E-state index contributed by atoms with van der Waals surface area (Å²) in [6.45, 7) is -3.09. The van der Waals surface area contributed by atoms with E-state index in [4.69, 9.17) is 22.0 Å². The van der Waals surface area contributed by atoms with Crippen LogP contribution < -0.4 is 4.74 Å². The summed E-state index contributed by atoms with van der Waals surface area (Å²) < 4.78 is 28.3. The van der Waals surface area contributed by atoms with Gasteiger partial charge >= 0.3 is 12.6 Å². The molecule has 0 atom stereocenters. The van der Waals surface area contributed by atoms with Crippen molar-refractivity contribution in [3.05, 3.63) is 28.8 Å². The monoisotopic (exact) mass is 261 g/mol. The summed E-state index contributed by atoms with van der Waals surface area (Å²) in [5.74, 6) is -1.91. The Labute approximate surface area is 100.0 Å². The molecule has 0 heterocycles. The van der Waals surface area contributed by atoms with Crippen LogP contribution in [-0.4, -0.2) is 17.7 Å². The Bertz CT molecular complexity index is 485. The van der Waals surface area contributed by atoms with Crippen molar-refractivity contribution in [1.82, 2.24) is 0 Å². The zero-order valence-corrected chi connectivity index (χ0v) is 9.04. The van der Waals surface area contributed by atoms with Crippen LogP contribution in [0.3, 0.4) is 0 Å². The summed E-state index contributed by atoms with van der Waals surface area (Å²) in [6.07, 6.45) is 0. The molecular weight excluding hydrogens is 256 g/mol. The van der Waals surface area contributed by atoms with E-state index in [9.17, 15) is 13.6 Å². The lowest BCUT2D eigenvalue weighted by Crippen LogP contribution is -2.08. The zero-order chi connectivity index (χ0) is 13.0. The highest BCUT2D eigenvalue weighted by Crippen LogP contribution is 2.26. The number of rotatable bonds is 4. The second-order valence-corrected chi connectivity index (χ2v) is 3.20. The Balaban J connectivity index is 3.35. The maximum Gasteiger partial charge on any atom is 0.387 e. The van der Waals surface area contributed by atoms with Crippen LogP contribution in [0.4, 0.5) is 8.78 Å². The lowest BCUT2D eigenvalue weighted by molar-refractivity contribution is -0.0504. The summed E-state index contributed by atoms with van der Waals surface area (Å²) in [5.41, 5.74) is -0.430. The first-order chi connectivity index (χ1) is 7.99. The van der Waals surface area contributed by atoms with E-state index in [0.29, 0.717) is 0 Å². The fourth-order valence-corrected chi connectivity index (χ4v) is 1.41. The molecule has 90 valence electrons. The van der Waals surface area contributed by atoms with Gasteiger partial charge in [-0.05, 0) is 12.1 Å². The van der Waals surface area contributed by atoms with Crippen LogP contribution in [0.5, 0.6) is 5.75 Å². The molecule has 1 rings (SSSR count). The number of carbonyl (C=O) groups is 1. The van der Waals surface area contributed by atoms with Gasteiger partial charge in [-0.25, -0.2) is 4.79 Å². The Morgan fingerprint density at radius 1 is 1.59 bits per heavy atom. The van der Waals surface area contributed by atoms with Crippen molar-refractivity contribution < 1.29 is 23.4 Å². The van der Waals surface area contributed by atoms with Crippen LogP contribution in [0.1, 0.15) is 21.5 Å². The summed E-state index contributed by atoms with van der Waals surface area (Å²) in [5, 5.41) is 17.5. The van der Waals surface area contributed by atoms with Gasteiger partial charge in [0.15, 0.2) is 0 Å². The summed E-state index contributed by atoms with van der Waals surface area (Å²) >= 11 is 5.49. The Kier molecular flexibility index (Phi) is 4.24. The first kappa shape index (κ1) is 13.2. The highest BCUT2D eigenvalue weighted by atomic mass is 35.5. The third-order valence-electron chi connectivity index (χ3n) is 1.91. The highest BCUT2D eigenvalue weighted by molar-refractivity contribution is 6.17. The molecule has 0 bridgehead atoms. The van der Waals surface area contributed by atoms with Crippen LogP contribution in [0.15, 0.2) is 12.1 Å². The topological polar surface area (TPSA) is 70.3 Å². The van der Waals surface area contributed by atoms with E-state index in [0.717, 1.165) is 12.1 Å². The van der Waals surface area contributed by atoms with Gasteiger partial charge in [-0.2, -0.15) is 14.0 Å². The third kappa shape index (κ3) is 3.04. The normalized spacial score (nSPS) is 10.1. The number of hydrogen-bond donors (Lipinski definition) is 1. The van der Waals surface area contributed by atoms with Gasteiger partial charge in [0.05, 0.1) is 17.0 Å². The second kappa shape index (κ2) is 5.46. The Morgan fingerprint density at radius 3 is 2.65 bits per heavy atom. The van der Waals surface area contributed by atoms with E-state index in [2.05, 4.69) is 4.74 Å². The lowest BCUT2D eigenvalue weighted by atomic mass is 10.0. The number of aromatic carboxylic acids is 1. The van der Waals surface area contributed by atoms with Gasteiger partial charge in [0.25, 0.3) is 0 Å². The second-order valence-electron chi connectivity index (χ2n) is 2.93. The molecule has 1 N–H and O–H groups in total. The van der Waals surface area contributed by atoms with Gasteiger partial charge in [-0.1, -0.05) is 0 Å². The smallest absolute Gasteiger partial charge is 0.387 e. The number of carboxylic acids is 1. The molecule has 4 nitrogen and oxygen atoms in total. The number of nitriles is 1. The van der Waals surface area contributed by atoms with Gasteiger partial charge in [0.1, 0.15) is 11.8 Å². The molecule has 0 aliphatic carbocycles. The van der Waals surface area contributed by atoms with Crippen molar-refractivity contribution in [1.29, 1.82) is 5.26 Å². The van der Waals surface area contributed by atoms with Crippen molar-refractivity contribution in [2.45, 2.75) is 12.5 Å². The Hall–Kier alpha value is -1.87. The SMILES string of the molecule is N#Cc1cc(CCl)c(OC(F)F)cc1C(=O)O. The van der Waals surface area contributed by atoms with Crippen molar-refractivity contribution in [2.75, 3.05) is 0 Å². The average molecular weight is 262 g/mol. The predicted octanol–water partition coefficient (Wildman–Crippen LogP) is 2.60. The number of ether oxygens (including phenoxy) is 1. The molecule has 0 spiro atoms. The standard InChI is InChI=1S/C10H6ClF2NO3/c11-3-5-1-6(4-14)7(9(15)16)2-8(5)17-10(12)13/h1-2,10H,3H2,(H,15,16). The van der Waals surface area contributed by atoms with Crippen molar-refractivity contribution >= 4 is 17.6 Å². The molecule has 0 unspecified atom stereocenters. The predicted molar refractivity (Wildman–Crippen MR) is 54.3 cm³/mol. The number of nitrogens with zero attached hydrogens (tertiary/aromatic N) is 1. The highest BCUT2D eigenvalue weighted by Gasteiger charge is 2.17. The molecule has 0 aliphatic rings. The molecular formula is C10H6ClF2NO3. The summed E-state index contributed by atoms with van der Waals surface area (Å²) in [7, 11) is 0. The van der Waals surface area contributed by atoms with Crippen LogP contribution in [0.2, 0.25) is 0 Å². The van der Waals surface area contributed by atoms with E-state index >= 15 is 0 Å². The average Bonchev–Trinajstić information content (AvgIpc) is 2.27. The fourth-order valence-electron chi connectivity index (χ4n) is 1.20. The minimum absolute atomic E-state index is 0.133. The first-order valence-electron chi connectivity index (χ1n) is 4.30. The van der Waals surface area contributed by atoms with Crippen molar-refractivity contribution in [3.63, 3.8) is 0 Å². The zero-order valence-electron chi connectivity index (χ0n) is 8.28. The van der Waals surface area contributed by atoms with Gasteiger partial charge in [0.2, 0.25) is 0 Å². The van der Waals surface area contributed by atoms with Crippen LogP contribution >= 0.6 is 11.6 Å². The molecule has 0 radical (unpaired) electrons. The molecule has 1 aromatic carbocycles. The summed E-state index contributed by atoms with van der Waals surface area (Å²) in [4.78, 5) is 10.8. The molecule has 0 aliphatic heterocycles. The largest absolute Gasteiger partial charge is 0.478 e. The van der Waals surface area contributed by atoms with Gasteiger partial charge < -0.3 is 9.84 Å². The lowest BCUT2D eigenvalue weighted by Gasteiger charge is -2.10. The van der Waals surface area contributed by atoms with Gasteiger partial charge in [-0.3, -0.25) is 0 Å². The van der Waals surface area contributed by atoms with Gasteiger partial charge in [0, 0.05) is 5.56 Å². The van der Waals surface area contributed by atoms with Crippen molar-refractivity contribution in [3.8, 4) is 11.8 Å². The number of carboxylic acid groups (broad SMARTS) is 1. The molecule has 1 aromatic rings. The summed E-state index contributed by atoms with van der Waals surface area (Å²) in [6, 6.07) is 3.63. The number of halogens is 3.